The van der Waals surface area contributed by atoms with Crippen LogP contribution in [0.15, 0.2) is 42.6 Å². The Morgan fingerprint density at radius 2 is 2.07 bits per heavy atom. The molecule has 1 atom stereocenters. The highest BCUT2D eigenvalue weighted by atomic mass is 35.5. The highest BCUT2D eigenvalue weighted by molar-refractivity contribution is 7.98. The molecular formula is C19H20Cl2N4OS. The topological polar surface area (TPSA) is 59.3 Å². The zero-order chi connectivity index (χ0) is 19.2. The summed E-state index contributed by atoms with van der Waals surface area (Å²) in [7, 11) is 0. The van der Waals surface area contributed by atoms with Crippen molar-refractivity contribution in [3.8, 4) is 0 Å². The van der Waals surface area contributed by atoms with Crippen LogP contribution < -0.4 is 5.32 Å². The van der Waals surface area contributed by atoms with E-state index < -0.39 is 0 Å². The van der Waals surface area contributed by atoms with Crippen molar-refractivity contribution in [2.45, 2.75) is 25.3 Å². The average molecular weight is 423 g/mol. The molecule has 3 rings (SSSR count). The molecule has 0 aliphatic heterocycles. The van der Waals surface area contributed by atoms with Crippen LogP contribution in [-0.2, 0) is 11.2 Å². The smallest absolute Gasteiger partial charge is 0.220 e. The third kappa shape index (κ3) is 4.94. The number of fused-ring (bicyclic) bond motifs is 1. The van der Waals surface area contributed by atoms with Gasteiger partial charge in [0.05, 0.1) is 16.1 Å². The van der Waals surface area contributed by atoms with Gasteiger partial charge >= 0.3 is 0 Å². The number of carbonyl (C=O) groups is 1. The van der Waals surface area contributed by atoms with Gasteiger partial charge in [0.25, 0.3) is 0 Å². The molecule has 0 saturated heterocycles. The van der Waals surface area contributed by atoms with Gasteiger partial charge in [0, 0.05) is 12.6 Å². The van der Waals surface area contributed by atoms with Gasteiger partial charge in [0.2, 0.25) is 5.91 Å². The Morgan fingerprint density at radius 3 is 2.89 bits per heavy atom. The molecule has 1 unspecified atom stereocenters. The lowest BCUT2D eigenvalue weighted by atomic mass is 10.1. The number of pyridine rings is 1. The van der Waals surface area contributed by atoms with Crippen LogP contribution in [0.3, 0.4) is 0 Å². The fraction of sp³-hybridized carbons (Fsp3) is 0.316. The largest absolute Gasteiger partial charge is 0.346 e. The molecule has 0 bridgehead atoms. The molecule has 0 aliphatic rings. The second kappa shape index (κ2) is 9.44. The van der Waals surface area contributed by atoms with Crippen LogP contribution in [0.1, 0.15) is 30.3 Å². The van der Waals surface area contributed by atoms with E-state index in [0.717, 1.165) is 29.2 Å². The van der Waals surface area contributed by atoms with Crippen LogP contribution in [0.2, 0.25) is 10.0 Å². The first-order valence-corrected chi connectivity index (χ1v) is 10.8. The summed E-state index contributed by atoms with van der Waals surface area (Å²) in [6.45, 7) is 0. The third-order valence-corrected chi connectivity index (χ3v) is 5.75. The van der Waals surface area contributed by atoms with E-state index in [1.807, 2.05) is 47.2 Å². The van der Waals surface area contributed by atoms with Crippen molar-refractivity contribution >= 4 is 46.5 Å². The van der Waals surface area contributed by atoms with Crippen LogP contribution in [0, 0.1) is 0 Å². The molecule has 2 heterocycles. The molecule has 5 nitrogen and oxygen atoms in total. The average Bonchev–Trinajstić information content (AvgIpc) is 3.10. The van der Waals surface area contributed by atoms with Gasteiger partial charge < -0.3 is 5.32 Å². The number of nitrogens with one attached hydrogen (secondary N) is 1. The molecule has 2 aromatic heterocycles. The molecular weight excluding hydrogens is 403 g/mol. The zero-order valence-corrected chi connectivity index (χ0v) is 17.2. The fourth-order valence-electron chi connectivity index (χ4n) is 2.86. The summed E-state index contributed by atoms with van der Waals surface area (Å²) in [5.41, 5.74) is 1.63. The van der Waals surface area contributed by atoms with E-state index in [4.69, 9.17) is 23.2 Å². The van der Waals surface area contributed by atoms with E-state index in [1.54, 1.807) is 17.8 Å². The van der Waals surface area contributed by atoms with Gasteiger partial charge in [-0.05, 0) is 48.6 Å². The predicted octanol–water partition coefficient (Wildman–Crippen LogP) is 4.58. The first-order chi connectivity index (χ1) is 13.1. The number of thioether (sulfide) groups is 1. The number of hydrogen-bond acceptors (Lipinski definition) is 4. The molecule has 0 saturated carbocycles. The van der Waals surface area contributed by atoms with Crippen LogP contribution in [0.25, 0.3) is 5.65 Å². The Kier molecular flexibility index (Phi) is 6.99. The van der Waals surface area contributed by atoms with E-state index in [2.05, 4.69) is 15.5 Å². The minimum Gasteiger partial charge on any atom is -0.346 e. The number of nitrogens with zero attached hydrogens (tertiary/aromatic N) is 3. The lowest BCUT2D eigenvalue weighted by molar-refractivity contribution is -0.121. The van der Waals surface area contributed by atoms with Crippen molar-refractivity contribution in [3.05, 3.63) is 64.0 Å². The van der Waals surface area contributed by atoms with Crippen molar-refractivity contribution in [2.75, 3.05) is 12.0 Å². The SMILES string of the molecule is CSCCC(NC(=O)CCc1cccc(Cl)c1Cl)c1nnc2ccccn12. The molecule has 27 heavy (non-hydrogen) atoms. The second-order valence-corrected chi connectivity index (χ2v) is 7.87. The Balaban J connectivity index is 1.70. The molecule has 3 aromatic rings. The van der Waals surface area contributed by atoms with Gasteiger partial charge in [-0.15, -0.1) is 10.2 Å². The number of aromatic nitrogens is 3. The Bertz CT molecular complexity index is 931. The Hall–Kier alpha value is -1.76. The molecule has 1 aromatic carbocycles. The number of aryl methyl sites for hydroxylation is 1. The minimum atomic E-state index is -0.197. The summed E-state index contributed by atoms with van der Waals surface area (Å²) in [6, 6.07) is 11.0. The van der Waals surface area contributed by atoms with Crippen LogP contribution in [0.4, 0.5) is 0 Å². The van der Waals surface area contributed by atoms with Crippen molar-refractivity contribution < 1.29 is 4.79 Å². The van der Waals surface area contributed by atoms with Gasteiger partial charge in [-0.3, -0.25) is 9.20 Å². The summed E-state index contributed by atoms with van der Waals surface area (Å²) in [6.07, 6.45) is 5.59. The lowest BCUT2D eigenvalue weighted by Gasteiger charge is -2.17. The summed E-state index contributed by atoms with van der Waals surface area (Å²) in [5, 5.41) is 12.6. The molecule has 0 spiro atoms. The van der Waals surface area contributed by atoms with E-state index in [1.165, 1.54) is 0 Å². The van der Waals surface area contributed by atoms with E-state index in [0.29, 0.717) is 22.9 Å². The van der Waals surface area contributed by atoms with Gasteiger partial charge in [-0.25, -0.2) is 0 Å². The zero-order valence-electron chi connectivity index (χ0n) is 14.9. The van der Waals surface area contributed by atoms with E-state index in [-0.39, 0.29) is 11.9 Å². The second-order valence-electron chi connectivity index (χ2n) is 6.10. The molecule has 0 aliphatic carbocycles. The monoisotopic (exact) mass is 422 g/mol. The van der Waals surface area contributed by atoms with E-state index in [9.17, 15) is 4.79 Å². The molecule has 8 heteroatoms. The molecule has 1 N–H and O–H groups in total. The summed E-state index contributed by atoms with van der Waals surface area (Å²) >= 11 is 14.0. The highest BCUT2D eigenvalue weighted by Crippen LogP contribution is 2.26. The minimum absolute atomic E-state index is 0.0511. The molecule has 142 valence electrons. The molecule has 0 fully saturated rings. The summed E-state index contributed by atoms with van der Waals surface area (Å²) in [5.74, 6) is 1.60. The lowest BCUT2D eigenvalue weighted by Crippen LogP contribution is -2.30. The maximum absolute atomic E-state index is 12.6. The summed E-state index contributed by atoms with van der Waals surface area (Å²) in [4.78, 5) is 12.6. The van der Waals surface area contributed by atoms with Gasteiger partial charge in [-0.1, -0.05) is 41.4 Å². The third-order valence-electron chi connectivity index (χ3n) is 4.25. The van der Waals surface area contributed by atoms with Crippen LogP contribution in [-0.4, -0.2) is 32.5 Å². The standard InChI is InChI=1S/C19H20Cl2N4OS/c1-27-12-10-15(19-24-23-16-7-2-3-11-25(16)19)22-17(26)9-8-13-5-4-6-14(20)18(13)21/h2-7,11,15H,8-10,12H2,1H3,(H,22,26). The Labute approximate surface area is 172 Å². The number of amides is 1. The first-order valence-electron chi connectivity index (χ1n) is 8.61. The van der Waals surface area contributed by atoms with Gasteiger partial charge in [0.1, 0.15) is 0 Å². The van der Waals surface area contributed by atoms with E-state index >= 15 is 0 Å². The number of rotatable bonds is 8. The highest BCUT2D eigenvalue weighted by Gasteiger charge is 2.20. The number of hydrogen-bond donors (Lipinski definition) is 1. The van der Waals surface area contributed by atoms with Gasteiger partial charge in [0.15, 0.2) is 11.5 Å². The molecule has 0 radical (unpaired) electrons. The number of halogens is 2. The van der Waals surface area contributed by atoms with Crippen LogP contribution in [0.5, 0.6) is 0 Å². The quantitative estimate of drug-likeness (QED) is 0.576. The maximum Gasteiger partial charge on any atom is 0.220 e. The number of benzene rings is 1. The fourth-order valence-corrected chi connectivity index (χ4v) is 3.74. The maximum atomic E-state index is 12.6. The molecule has 1 amide bonds. The van der Waals surface area contributed by atoms with Crippen molar-refractivity contribution in [2.24, 2.45) is 0 Å². The van der Waals surface area contributed by atoms with Crippen molar-refractivity contribution in [3.63, 3.8) is 0 Å². The Morgan fingerprint density at radius 1 is 1.22 bits per heavy atom. The van der Waals surface area contributed by atoms with Crippen molar-refractivity contribution in [1.29, 1.82) is 0 Å². The summed E-state index contributed by atoms with van der Waals surface area (Å²) < 4.78 is 1.92. The van der Waals surface area contributed by atoms with Crippen LogP contribution >= 0.6 is 35.0 Å². The number of carbonyl (C=O) groups excluding carboxylic acids is 1. The van der Waals surface area contributed by atoms with Crippen molar-refractivity contribution in [1.82, 2.24) is 19.9 Å². The van der Waals surface area contributed by atoms with Gasteiger partial charge in [-0.2, -0.15) is 11.8 Å². The normalized spacial score (nSPS) is 12.3. The first kappa shape index (κ1) is 20.0. The predicted molar refractivity (Wildman–Crippen MR) is 112 cm³/mol.